The predicted molar refractivity (Wildman–Crippen MR) is 46.7 cm³/mol. The molecule has 3 nitrogen and oxygen atoms in total. The molecule has 1 N–H and O–H groups in total. The zero-order valence-corrected chi connectivity index (χ0v) is 7.08. The van der Waals surface area contributed by atoms with Crippen LogP contribution in [-0.2, 0) is 16.7 Å². The highest BCUT2D eigenvalue weighted by atomic mass is 32.2. The Morgan fingerprint density at radius 1 is 1.25 bits per heavy atom. The SMILES string of the molecule is O=S(=O)=C(O)Cc1ccccc1. The largest absolute Gasteiger partial charge is 0.351 e. The molecule has 0 bridgehead atoms. The summed E-state index contributed by atoms with van der Waals surface area (Å²) < 4.78 is 20.4. The molecule has 0 aromatic heterocycles. The van der Waals surface area contributed by atoms with Crippen LogP contribution in [0.1, 0.15) is 5.56 Å². The van der Waals surface area contributed by atoms with Gasteiger partial charge in [0, 0.05) is 6.42 Å². The maximum atomic E-state index is 10.2. The zero-order chi connectivity index (χ0) is 8.97. The minimum absolute atomic E-state index is 0.0664. The van der Waals surface area contributed by atoms with Crippen LogP contribution in [0.5, 0.6) is 0 Å². The van der Waals surface area contributed by atoms with Crippen LogP contribution < -0.4 is 0 Å². The molecule has 1 rings (SSSR count). The number of rotatable bonds is 2. The van der Waals surface area contributed by atoms with E-state index in [1.165, 1.54) is 0 Å². The van der Waals surface area contributed by atoms with E-state index in [2.05, 4.69) is 0 Å². The summed E-state index contributed by atoms with van der Waals surface area (Å²) >= 11 is 0. The lowest BCUT2D eigenvalue weighted by Crippen LogP contribution is -2.01. The Morgan fingerprint density at radius 2 is 1.83 bits per heavy atom. The minimum Gasteiger partial charge on any atom is -0.351 e. The molecule has 0 aliphatic rings. The summed E-state index contributed by atoms with van der Waals surface area (Å²) in [7, 11) is -2.49. The molecule has 12 heavy (non-hydrogen) atoms. The third-order valence-electron chi connectivity index (χ3n) is 1.39. The standard InChI is InChI=1S/C8H8O3S/c9-8(12(10)11)6-7-4-2-1-3-5-7/h1-5,9H,6H2. The second-order valence-corrected chi connectivity index (χ2v) is 3.23. The Labute approximate surface area is 71.8 Å². The summed E-state index contributed by atoms with van der Waals surface area (Å²) in [6.07, 6.45) is 0.0664. The number of hydrogen-bond acceptors (Lipinski definition) is 2. The van der Waals surface area contributed by atoms with Gasteiger partial charge in [-0.3, -0.25) is 0 Å². The van der Waals surface area contributed by atoms with Gasteiger partial charge in [0.05, 0.1) is 0 Å². The van der Waals surface area contributed by atoms with Crippen LogP contribution in [0.15, 0.2) is 30.3 Å². The molecule has 1 aromatic carbocycles. The van der Waals surface area contributed by atoms with Crippen LogP contribution in [0.2, 0.25) is 0 Å². The van der Waals surface area contributed by atoms with E-state index >= 15 is 0 Å². The molecule has 0 fully saturated rings. The van der Waals surface area contributed by atoms with E-state index in [9.17, 15) is 8.42 Å². The van der Waals surface area contributed by atoms with Crippen LogP contribution in [0.3, 0.4) is 0 Å². The Bertz CT molecular complexity index is 370. The van der Waals surface area contributed by atoms with Gasteiger partial charge in [-0.05, 0) is 5.56 Å². The van der Waals surface area contributed by atoms with Crippen molar-refractivity contribution in [2.45, 2.75) is 6.42 Å². The molecule has 1 aromatic rings. The highest BCUT2D eigenvalue weighted by molar-refractivity contribution is 7.72. The van der Waals surface area contributed by atoms with Gasteiger partial charge >= 0.3 is 0 Å². The minimum atomic E-state index is -2.49. The molecular formula is C8H8O3S. The van der Waals surface area contributed by atoms with Crippen molar-refractivity contribution in [3.63, 3.8) is 0 Å². The van der Waals surface area contributed by atoms with E-state index in [0.29, 0.717) is 0 Å². The average molecular weight is 184 g/mol. The van der Waals surface area contributed by atoms with Crippen LogP contribution in [0.4, 0.5) is 0 Å². The van der Waals surface area contributed by atoms with Crippen molar-refractivity contribution in [3.8, 4) is 0 Å². The van der Waals surface area contributed by atoms with Gasteiger partial charge in [0.2, 0.25) is 10.3 Å². The van der Waals surface area contributed by atoms with Crippen LogP contribution >= 0.6 is 0 Å². The highest BCUT2D eigenvalue weighted by Gasteiger charge is 1.97. The number of hydrogen-bond donors (Lipinski definition) is 1. The molecule has 0 saturated carbocycles. The van der Waals surface area contributed by atoms with E-state index in [0.717, 1.165) is 5.56 Å². The van der Waals surface area contributed by atoms with Crippen molar-refractivity contribution < 1.29 is 13.5 Å². The number of aliphatic hydroxyl groups is 1. The fourth-order valence-electron chi connectivity index (χ4n) is 0.829. The molecule has 0 atom stereocenters. The third-order valence-corrected chi connectivity index (χ3v) is 1.92. The molecule has 0 aliphatic carbocycles. The first-order valence-corrected chi connectivity index (χ1v) is 4.45. The summed E-state index contributed by atoms with van der Waals surface area (Å²) in [5, 5.41) is 8.36. The van der Waals surface area contributed by atoms with Crippen LogP contribution in [0, 0.1) is 0 Å². The molecule has 0 aliphatic heterocycles. The quantitative estimate of drug-likeness (QED) is 0.691. The lowest BCUT2D eigenvalue weighted by Gasteiger charge is -1.94. The van der Waals surface area contributed by atoms with Gasteiger partial charge in [-0.2, -0.15) is 8.42 Å². The molecule has 0 saturated heterocycles. The molecule has 4 heteroatoms. The fourth-order valence-corrected chi connectivity index (χ4v) is 1.11. The third kappa shape index (κ3) is 2.48. The topological polar surface area (TPSA) is 54.4 Å². The van der Waals surface area contributed by atoms with Gasteiger partial charge in [0.1, 0.15) is 0 Å². The van der Waals surface area contributed by atoms with Gasteiger partial charge in [0.15, 0.2) is 5.05 Å². The lowest BCUT2D eigenvalue weighted by atomic mass is 10.2. The number of benzene rings is 1. The molecule has 0 amide bonds. The zero-order valence-electron chi connectivity index (χ0n) is 6.27. The van der Waals surface area contributed by atoms with Gasteiger partial charge in [-0.25, -0.2) is 0 Å². The second-order valence-electron chi connectivity index (χ2n) is 2.29. The van der Waals surface area contributed by atoms with Crippen molar-refractivity contribution in [1.82, 2.24) is 0 Å². The Hall–Kier alpha value is -1.13. The van der Waals surface area contributed by atoms with Crippen molar-refractivity contribution in [2.75, 3.05) is 0 Å². The lowest BCUT2D eigenvalue weighted by molar-refractivity contribution is 0.546. The van der Waals surface area contributed by atoms with Gasteiger partial charge in [-0.1, -0.05) is 30.3 Å². The Balaban J connectivity index is 2.86. The van der Waals surface area contributed by atoms with Gasteiger partial charge in [0.25, 0.3) is 0 Å². The smallest absolute Gasteiger partial charge is 0.240 e. The molecule has 0 heterocycles. The molecule has 0 unspecified atom stereocenters. The van der Waals surface area contributed by atoms with Gasteiger partial charge in [-0.15, -0.1) is 0 Å². The summed E-state index contributed by atoms with van der Waals surface area (Å²) in [6, 6.07) is 8.91. The first-order valence-electron chi connectivity index (χ1n) is 3.38. The first kappa shape index (κ1) is 8.96. The van der Waals surface area contributed by atoms with E-state index in [1.54, 1.807) is 24.3 Å². The Kier molecular flexibility index (Phi) is 3.01. The Morgan fingerprint density at radius 3 is 2.33 bits per heavy atom. The van der Waals surface area contributed by atoms with Crippen molar-refractivity contribution in [1.29, 1.82) is 0 Å². The maximum Gasteiger partial charge on any atom is 0.240 e. The van der Waals surface area contributed by atoms with E-state index in [1.807, 2.05) is 6.07 Å². The van der Waals surface area contributed by atoms with Crippen molar-refractivity contribution >= 4 is 15.3 Å². The maximum absolute atomic E-state index is 10.2. The summed E-state index contributed by atoms with van der Waals surface area (Å²) in [4.78, 5) is 0. The predicted octanol–water partition coefficient (Wildman–Crippen LogP) is 0.796. The van der Waals surface area contributed by atoms with Crippen LogP contribution in [-0.4, -0.2) is 18.6 Å². The number of aliphatic hydroxyl groups excluding tert-OH is 1. The summed E-state index contributed by atoms with van der Waals surface area (Å²) in [5.41, 5.74) is 0.777. The second kappa shape index (κ2) is 4.04. The van der Waals surface area contributed by atoms with Crippen LogP contribution in [0.25, 0.3) is 0 Å². The van der Waals surface area contributed by atoms with E-state index in [4.69, 9.17) is 5.11 Å². The molecule has 64 valence electrons. The van der Waals surface area contributed by atoms with Crippen molar-refractivity contribution in [2.24, 2.45) is 0 Å². The average Bonchev–Trinajstić information content (AvgIpc) is 2.06. The normalized spacial score (nSPS) is 9.42. The summed E-state index contributed by atoms with van der Waals surface area (Å²) in [6.45, 7) is 0. The summed E-state index contributed by atoms with van der Waals surface area (Å²) in [5.74, 6) is 0. The fraction of sp³-hybridized carbons (Fsp3) is 0.125. The van der Waals surface area contributed by atoms with E-state index < -0.39 is 15.3 Å². The van der Waals surface area contributed by atoms with Crippen molar-refractivity contribution in [3.05, 3.63) is 35.9 Å². The first-order chi connectivity index (χ1) is 5.70. The molecule has 0 radical (unpaired) electrons. The molecular weight excluding hydrogens is 176 g/mol. The van der Waals surface area contributed by atoms with E-state index in [-0.39, 0.29) is 6.42 Å². The monoisotopic (exact) mass is 184 g/mol. The highest BCUT2D eigenvalue weighted by Crippen LogP contribution is 1.98. The molecule has 0 spiro atoms. The van der Waals surface area contributed by atoms with Gasteiger partial charge < -0.3 is 5.11 Å².